The first-order valence-corrected chi connectivity index (χ1v) is 11.8. The molecule has 2 heterocycles. The van der Waals surface area contributed by atoms with Gasteiger partial charge in [0.05, 0.1) is 38.9 Å². The van der Waals surface area contributed by atoms with Crippen LogP contribution in [-0.2, 0) is 0 Å². The Morgan fingerprint density at radius 3 is 2.06 bits per heavy atom. The fourth-order valence-electron chi connectivity index (χ4n) is 3.41. The third kappa shape index (κ3) is 5.06. The third-order valence-electron chi connectivity index (χ3n) is 4.97. The Hall–Kier alpha value is -2.62. The molecule has 1 aromatic carbocycles. The zero-order chi connectivity index (χ0) is 25.3. The van der Waals surface area contributed by atoms with Crippen molar-refractivity contribution in [2.45, 2.75) is 39.5 Å². The number of rotatable bonds is 6. The van der Waals surface area contributed by atoms with Crippen molar-refractivity contribution < 1.29 is 14.0 Å². The summed E-state index contributed by atoms with van der Waals surface area (Å²) in [7, 11) is 0. The molecule has 11 heteroatoms. The van der Waals surface area contributed by atoms with Gasteiger partial charge < -0.3 is 11.1 Å². The van der Waals surface area contributed by atoms with Crippen molar-refractivity contribution in [2.75, 3.05) is 5.32 Å². The van der Waals surface area contributed by atoms with Crippen molar-refractivity contribution in [2.24, 2.45) is 5.73 Å². The van der Waals surface area contributed by atoms with Gasteiger partial charge in [0, 0.05) is 5.56 Å². The topological polar surface area (TPSA) is 111 Å². The van der Waals surface area contributed by atoms with Gasteiger partial charge in [0.2, 0.25) is 0 Å². The Morgan fingerprint density at radius 1 is 1.00 bits per heavy atom. The molecule has 0 unspecified atom stereocenters. The lowest BCUT2D eigenvalue weighted by atomic mass is 10.00. The smallest absolute Gasteiger partial charge is 0.258 e. The number of nitrogens with zero attached hydrogens (tertiary/aromatic N) is 3. The number of aromatic nitrogens is 3. The number of halogens is 4. The summed E-state index contributed by atoms with van der Waals surface area (Å²) >= 11 is 16.1. The highest BCUT2D eigenvalue weighted by atomic mass is 79.9. The molecule has 34 heavy (non-hydrogen) atoms. The van der Waals surface area contributed by atoms with Gasteiger partial charge in [-0.1, -0.05) is 63.0 Å². The van der Waals surface area contributed by atoms with Gasteiger partial charge in [-0.05, 0) is 39.9 Å². The summed E-state index contributed by atoms with van der Waals surface area (Å²) < 4.78 is 14.9. The number of benzene rings is 1. The normalized spacial score (nSPS) is 11.2. The molecule has 3 aromatic rings. The lowest BCUT2D eigenvalue weighted by Gasteiger charge is -2.20. The van der Waals surface area contributed by atoms with E-state index in [9.17, 15) is 14.0 Å². The van der Waals surface area contributed by atoms with E-state index < -0.39 is 17.6 Å². The minimum absolute atomic E-state index is 0.0113. The van der Waals surface area contributed by atoms with Crippen LogP contribution in [-0.4, -0.2) is 26.8 Å². The van der Waals surface area contributed by atoms with Crippen LogP contribution < -0.4 is 11.1 Å². The lowest BCUT2D eigenvalue weighted by Crippen LogP contribution is -2.24. The molecular formula is C23H21BrCl2FN5O2. The molecular weight excluding hydrogens is 548 g/mol. The number of pyridine rings is 1. The van der Waals surface area contributed by atoms with Crippen LogP contribution in [0.2, 0.25) is 10.2 Å². The summed E-state index contributed by atoms with van der Waals surface area (Å²) in [5, 5.41) is 2.14. The van der Waals surface area contributed by atoms with Crippen LogP contribution in [0.5, 0.6) is 0 Å². The van der Waals surface area contributed by atoms with Crippen LogP contribution in [0.4, 0.5) is 10.1 Å². The van der Waals surface area contributed by atoms with Crippen LogP contribution in [0.1, 0.15) is 71.6 Å². The summed E-state index contributed by atoms with van der Waals surface area (Å²) in [5.41, 5.74) is 6.25. The van der Waals surface area contributed by atoms with E-state index in [4.69, 9.17) is 28.9 Å². The molecule has 178 valence electrons. The molecule has 0 aliphatic rings. The van der Waals surface area contributed by atoms with Gasteiger partial charge in [-0.15, -0.1) is 0 Å². The average molecular weight is 569 g/mol. The van der Waals surface area contributed by atoms with Crippen molar-refractivity contribution in [3.63, 3.8) is 0 Å². The molecule has 0 aliphatic carbocycles. The number of anilines is 1. The third-order valence-corrected chi connectivity index (χ3v) is 5.96. The SMILES string of the molecule is CC(C)c1nc(Br)nc(C(C)C)c1NC(=O)c1c(Cl)c(-c2ccccc2F)nc(Cl)c1C(N)=O. The van der Waals surface area contributed by atoms with E-state index in [0.717, 1.165) is 0 Å². The van der Waals surface area contributed by atoms with E-state index in [1.807, 2.05) is 27.7 Å². The van der Waals surface area contributed by atoms with E-state index in [1.165, 1.54) is 18.2 Å². The Balaban J connectivity index is 2.26. The maximum absolute atomic E-state index is 14.5. The van der Waals surface area contributed by atoms with Crippen LogP contribution in [0, 0.1) is 5.82 Å². The standard InChI is InChI=1S/C23H21BrCl2FN5O2/c1-9(2)16-19(17(10(3)4)32-23(24)31-16)30-22(34)13-14(21(28)33)20(26)29-18(15(13)25)11-7-5-6-8-12(11)27/h5-10H,1-4H3,(H2,28,33)(H,30,34). The van der Waals surface area contributed by atoms with Crippen molar-refractivity contribution >= 4 is 56.6 Å². The maximum Gasteiger partial charge on any atom is 0.258 e. The van der Waals surface area contributed by atoms with E-state index in [1.54, 1.807) is 6.07 Å². The van der Waals surface area contributed by atoms with Crippen molar-refractivity contribution in [1.82, 2.24) is 15.0 Å². The number of hydrogen-bond acceptors (Lipinski definition) is 5. The number of carbonyl (C=O) groups excluding carboxylic acids is 2. The highest BCUT2D eigenvalue weighted by molar-refractivity contribution is 9.10. The van der Waals surface area contributed by atoms with Crippen molar-refractivity contribution in [1.29, 1.82) is 0 Å². The first kappa shape index (κ1) is 26.0. The molecule has 0 bridgehead atoms. The largest absolute Gasteiger partial charge is 0.365 e. The second-order valence-electron chi connectivity index (χ2n) is 8.06. The summed E-state index contributed by atoms with van der Waals surface area (Å²) in [4.78, 5) is 38.7. The Morgan fingerprint density at radius 2 is 1.56 bits per heavy atom. The van der Waals surface area contributed by atoms with E-state index >= 15 is 0 Å². The van der Waals surface area contributed by atoms with Gasteiger partial charge >= 0.3 is 0 Å². The van der Waals surface area contributed by atoms with E-state index in [2.05, 4.69) is 36.2 Å². The molecule has 0 radical (unpaired) electrons. The number of amides is 2. The molecule has 0 atom stereocenters. The molecule has 0 spiro atoms. The summed E-state index contributed by atoms with van der Waals surface area (Å²) in [5.74, 6) is -2.57. The number of primary amides is 1. The predicted molar refractivity (Wildman–Crippen MR) is 134 cm³/mol. The lowest BCUT2D eigenvalue weighted by molar-refractivity contribution is 0.0977. The molecule has 2 amide bonds. The number of nitrogens with two attached hydrogens (primary N) is 1. The van der Waals surface area contributed by atoms with Crippen molar-refractivity contribution in [3.05, 3.63) is 67.5 Å². The minimum Gasteiger partial charge on any atom is -0.365 e. The second kappa shape index (κ2) is 10.3. The highest BCUT2D eigenvalue weighted by Crippen LogP contribution is 2.37. The second-order valence-corrected chi connectivity index (χ2v) is 9.51. The highest BCUT2D eigenvalue weighted by Gasteiger charge is 2.29. The van der Waals surface area contributed by atoms with Gasteiger partial charge in [-0.3, -0.25) is 9.59 Å². The fourth-order valence-corrected chi connectivity index (χ4v) is 4.39. The quantitative estimate of drug-likeness (QED) is 0.266. The Labute approximate surface area is 214 Å². The Kier molecular flexibility index (Phi) is 7.90. The Bertz CT molecular complexity index is 1270. The first-order valence-electron chi connectivity index (χ1n) is 10.3. The van der Waals surface area contributed by atoms with E-state index in [0.29, 0.717) is 21.8 Å². The number of carbonyl (C=O) groups is 2. The molecule has 3 N–H and O–H groups in total. The van der Waals surface area contributed by atoms with Gasteiger partial charge in [0.1, 0.15) is 11.0 Å². The van der Waals surface area contributed by atoms with Crippen LogP contribution in [0.15, 0.2) is 29.0 Å². The van der Waals surface area contributed by atoms with Gasteiger partial charge in [0.15, 0.2) is 4.73 Å². The van der Waals surface area contributed by atoms with Gasteiger partial charge in [0.25, 0.3) is 11.8 Å². The average Bonchev–Trinajstić information content (AvgIpc) is 2.75. The molecule has 0 saturated heterocycles. The fraction of sp³-hybridized carbons (Fsp3) is 0.261. The van der Waals surface area contributed by atoms with Gasteiger partial charge in [-0.25, -0.2) is 19.3 Å². The molecule has 3 rings (SSSR count). The monoisotopic (exact) mass is 567 g/mol. The maximum atomic E-state index is 14.5. The first-order chi connectivity index (χ1) is 15.9. The molecule has 0 saturated carbocycles. The van der Waals surface area contributed by atoms with Crippen LogP contribution in [0.25, 0.3) is 11.3 Å². The zero-order valence-electron chi connectivity index (χ0n) is 18.7. The number of hydrogen-bond donors (Lipinski definition) is 2. The molecule has 0 fully saturated rings. The van der Waals surface area contributed by atoms with E-state index in [-0.39, 0.29) is 44.4 Å². The predicted octanol–water partition coefficient (Wildman–Crippen LogP) is 6.35. The molecule has 2 aromatic heterocycles. The minimum atomic E-state index is -1.01. The van der Waals surface area contributed by atoms with Crippen molar-refractivity contribution in [3.8, 4) is 11.3 Å². The summed E-state index contributed by atoms with van der Waals surface area (Å²) in [6, 6.07) is 5.72. The van der Waals surface area contributed by atoms with Crippen LogP contribution in [0.3, 0.4) is 0 Å². The number of nitrogens with one attached hydrogen (secondary N) is 1. The molecule has 7 nitrogen and oxygen atoms in total. The molecule has 0 aliphatic heterocycles. The summed E-state index contributed by atoms with van der Waals surface area (Å²) in [6.45, 7) is 7.65. The summed E-state index contributed by atoms with van der Waals surface area (Å²) in [6.07, 6.45) is 0. The van der Waals surface area contributed by atoms with Crippen LogP contribution >= 0.6 is 39.1 Å². The zero-order valence-corrected chi connectivity index (χ0v) is 21.8. The van der Waals surface area contributed by atoms with Gasteiger partial charge in [-0.2, -0.15) is 0 Å².